The summed E-state index contributed by atoms with van der Waals surface area (Å²) in [5.41, 5.74) is 1.06. The molecule has 2 aliphatic heterocycles. The molecule has 2 amide bonds. The summed E-state index contributed by atoms with van der Waals surface area (Å²) in [6.45, 7) is 1.25. The monoisotopic (exact) mass is 231 g/mol. The van der Waals surface area contributed by atoms with Gasteiger partial charge in [0.05, 0.1) is 11.1 Å². The van der Waals surface area contributed by atoms with Crippen molar-refractivity contribution in [2.45, 2.75) is 18.9 Å². The van der Waals surface area contributed by atoms with E-state index in [2.05, 4.69) is 0 Å². The average Bonchev–Trinajstić information content (AvgIpc) is 2.64. The first-order valence-electron chi connectivity index (χ1n) is 5.83. The van der Waals surface area contributed by atoms with Crippen molar-refractivity contribution in [2.75, 3.05) is 13.2 Å². The van der Waals surface area contributed by atoms with Crippen LogP contribution in [0.1, 0.15) is 33.6 Å². The van der Waals surface area contributed by atoms with Crippen LogP contribution in [0.5, 0.6) is 0 Å². The highest BCUT2D eigenvalue weighted by atomic mass is 16.5. The molecular formula is C13H13NO3. The van der Waals surface area contributed by atoms with Crippen molar-refractivity contribution in [3.05, 3.63) is 35.4 Å². The van der Waals surface area contributed by atoms with Crippen molar-refractivity contribution in [1.82, 2.24) is 4.90 Å². The Morgan fingerprint density at radius 1 is 1.00 bits per heavy atom. The number of fused-ring (bicyclic) bond motifs is 1. The standard InChI is InChI=1S/C13H13NO3/c15-12-10-3-1-2-4-11(10)13(16)14(12)9-5-7-17-8-6-9/h1-4,9H,5-8H2. The molecule has 1 aromatic rings. The molecule has 0 radical (unpaired) electrons. The third-order valence-electron chi connectivity index (χ3n) is 3.38. The molecule has 17 heavy (non-hydrogen) atoms. The zero-order valence-electron chi connectivity index (χ0n) is 9.39. The fourth-order valence-electron chi connectivity index (χ4n) is 2.48. The summed E-state index contributed by atoms with van der Waals surface area (Å²) in [5, 5.41) is 0. The maximum atomic E-state index is 12.2. The maximum Gasteiger partial charge on any atom is 0.261 e. The highest BCUT2D eigenvalue weighted by molar-refractivity contribution is 6.21. The Morgan fingerprint density at radius 3 is 2.06 bits per heavy atom. The van der Waals surface area contributed by atoms with E-state index in [0.29, 0.717) is 24.3 Å². The predicted molar refractivity (Wildman–Crippen MR) is 60.8 cm³/mol. The number of rotatable bonds is 1. The SMILES string of the molecule is O=C1c2ccccc2C(=O)N1C1CCOCC1. The van der Waals surface area contributed by atoms with E-state index < -0.39 is 0 Å². The molecule has 1 aromatic carbocycles. The lowest BCUT2D eigenvalue weighted by atomic mass is 10.1. The maximum absolute atomic E-state index is 12.2. The van der Waals surface area contributed by atoms with E-state index in [-0.39, 0.29) is 17.9 Å². The molecule has 1 fully saturated rings. The molecule has 0 atom stereocenters. The first-order valence-corrected chi connectivity index (χ1v) is 5.83. The van der Waals surface area contributed by atoms with Crippen LogP contribution < -0.4 is 0 Å². The molecule has 0 aromatic heterocycles. The van der Waals surface area contributed by atoms with Gasteiger partial charge in [-0.3, -0.25) is 14.5 Å². The van der Waals surface area contributed by atoms with E-state index in [1.165, 1.54) is 4.90 Å². The third-order valence-corrected chi connectivity index (χ3v) is 3.38. The van der Waals surface area contributed by atoms with Crippen molar-refractivity contribution >= 4 is 11.8 Å². The van der Waals surface area contributed by atoms with Crippen molar-refractivity contribution in [3.8, 4) is 0 Å². The first-order chi connectivity index (χ1) is 8.29. The molecule has 88 valence electrons. The number of hydrogen-bond acceptors (Lipinski definition) is 3. The van der Waals surface area contributed by atoms with Gasteiger partial charge >= 0.3 is 0 Å². The zero-order chi connectivity index (χ0) is 11.8. The molecule has 2 aliphatic rings. The van der Waals surface area contributed by atoms with Crippen LogP contribution in [0.25, 0.3) is 0 Å². The van der Waals surface area contributed by atoms with Crippen LogP contribution in [-0.4, -0.2) is 36.0 Å². The van der Waals surface area contributed by atoms with Crippen molar-refractivity contribution < 1.29 is 14.3 Å². The van der Waals surface area contributed by atoms with Gasteiger partial charge in [-0.1, -0.05) is 12.1 Å². The van der Waals surface area contributed by atoms with E-state index in [1.54, 1.807) is 24.3 Å². The van der Waals surface area contributed by atoms with Gasteiger partial charge in [0.2, 0.25) is 0 Å². The lowest BCUT2D eigenvalue weighted by Gasteiger charge is -2.29. The molecule has 0 aliphatic carbocycles. The van der Waals surface area contributed by atoms with Crippen molar-refractivity contribution in [1.29, 1.82) is 0 Å². The summed E-state index contributed by atoms with van der Waals surface area (Å²) < 4.78 is 5.26. The normalized spacial score (nSPS) is 20.8. The highest BCUT2D eigenvalue weighted by Crippen LogP contribution is 2.27. The van der Waals surface area contributed by atoms with Crippen LogP contribution in [0.15, 0.2) is 24.3 Å². The number of benzene rings is 1. The molecule has 0 saturated carbocycles. The summed E-state index contributed by atoms with van der Waals surface area (Å²) in [6.07, 6.45) is 1.48. The quantitative estimate of drug-likeness (QED) is 0.687. The largest absolute Gasteiger partial charge is 0.381 e. The Labute approximate surface area is 99.2 Å². The molecule has 0 bridgehead atoms. The topological polar surface area (TPSA) is 46.6 Å². The summed E-state index contributed by atoms with van der Waals surface area (Å²) in [6, 6.07) is 7.01. The van der Waals surface area contributed by atoms with E-state index in [4.69, 9.17) is 4.74 Å². The minimum absolute atomic E-state index is 0.00356. The van der Waals surface area contributed by atoms with Gasteiger partial charge in [-0.2, -0.15) is 0 Å². The summed E-state index contributed by atoms with van der Waals surface area (Å²) >= 11 is 0. The van der Waals surface area contributed by atoms with Gasteiger partial charge in [-0.15, -0.1) is 0 Å². The fraction of sp³-hybridized carbons (Fsp3) is 0.385. The summed E-state index contributed by atoms with van der Waals surface area (Å²) in [7, 11) is 0. The van der Waals surface area contributed by atoms with Gasteiger partial charge in [0.25, 0.3) is 11.8 Å². The number of carbonyl (C=O) groups is 2. The molecule has 4 nitrogen and oxygen atoms in total. The van der Waals surface area contributed by atoms with Gasteiger partial charge in [-0.05, 0) is 25.0 Å². The zero-order valence-corrected chi connectivity index (χ0v) is 9.39. The van der Waals surface area contributed by atoms with Crippen LogP contribution in [0, 0.1) is 0 Å². The average molecular weight is 231 g/mol. The summed E-state index contributed by atoms with van der Waals surface area (Å²) in [5.74, 6) is -0.310. The smallest absolute Gasteiger partial charge is 0.261 e. The van der Waals surface area contributed by atoms with Crippen LogP contribution in [-0.2, 0) is 4.74 Å². The number of hydrogen-bond donors (Lipinski definition) is 0. The van der Waals surface area contributed by atoms with E-state index in [1.807, 2.05) is 0 Å². The van der Waals surface area contributed by atoms with E-state index in [0.717, 1.165) is 12.8 Å². The number of nitrogens with zero attached hydrogens (tertiary/aromatic N) is 1. The lowest BCUT2D eigenvalue weighted by molar-refractivity contribution is 0.0295. The van der Waals surface area contributed by atoms with Gasteiger partial charge < -0.3 is 4.74 Å². The molecule has 2 heterocycles. The summed E-state index contributed by atoms with van der Waals surface area (Å²) in [4.78, 5) is 25.8. The van der Waals surface area contributed by atoms with Gasteiger partial charge in [0, 0.05) is 19.3 Å². The predicted octanol–water partition coefficient (Wildman–Crippen LogP) is 1.46. The minimum atomic E-state index is -0.155. The Hall–Kier alpha value is -1.68. The molecular weight excluding hydrogens is 218 g/mol. The minimum Gasteiger partial charge on any atom is -0.381 e. The number of ether oxygens (including phenoxy) is 1. The Balaban J connectivity index is 1.94. The molecule has 0 unspecified atom stereocenters. The number of carbonyl (C=O) groups excluding carboxylic acids is 2. The van der Waals surface area contributed by atoms with E-state index >= 15 is 0 Å². The Kier molecular flexibility index (Phi) is 2.44. The van der Waals surface area contributed by atoms with Gasteiger partial charge in [-0.25, -0.2) is 0 Å². The van der Waals surface area contributed by atoms with Crippen LogP contribution in [0.2, 0.25) is 0 Å². The van der Waals surface area contributed by atoms with E-state index in [9.17, 15) is 9.59 Å². The molecule has 4 heteroatoms. The lowest BCUT2D eigenvalue weighted by Crippen LogP contribution is -2.43. The molecule has 1 saturated heterocycles. The second-order valence-electron chi connectivity index (χ2n) is 4.37. The molecule has 3 rings (SSSR count). The van der Waals surface area contributed by atoms with Crippen LogP contribution >= 0.6 is 0 Å². The van der Waals surface area contributed by atoms with Crippen molar-refractivity contribution in [3.63, 3.8) is 0 Å². The second kappa shape index (κ2) is 3.96. The third kappa shape index (κ3) is 1.56. The van der Waals surface area contributed by atoms with Crippen LogP contribution in [0.4, 0.5) is 0 Å². The van der Waals surface area contributed by atoms with Gasteiger partial charge in [0.1, 0.15) is 0 Å². The Morgan fingerprint density at radius 2 is 1.53 bits per heavy atom. The first kappa shape index (κ1) is 10.5. The van der Waals surface area contributed by atoms with Gasteiger partial charge in [0.15, 0.2) is 0 Å². The number of amides is 2. The van der Waals surface area contributed by atoms with Crippen molar-refractivity contribution in [2.24, 2.45) is 0 Å². The Bertz CT molecular complexity index is 442. The fourth-order valence-corrected chi connectivity index (χ4v) is 2.48. The van der Waals surface area contributed by atoms with Crippen LogP contribution in [0.3, 0.4) is 0 Å². The highest BCUT2D eigenvalue weighted by Gasteiger charge is 2.39. The molecule has 0 spiro atoms. The number of imide groups is 1. The second-order valence-corrected chi connectivity index (χ2v) is 4.37. The molecule has 0 N–H and O–H groups in total.